The van der Waals surface area contributed by atoms with Gasteiger partial charge >= 0.3 is 0 Å². The highest BCUT2D eigenvalue weighted by Gasteiger charge is 2.30. The normalized spacial score (nSPS) is 21.6. The molecular formula is C31H43N7OS. The van der Waals surface area contributed by atoms with Crippen molar-refractivity contribution in [1.29, 1.82) is 0 Å². The van der Waals surface area contributed by atoms with Crippen LogP contribution in [0.1, 0.15) is 38.5 Å². The number of benzene rings is 1. The molecular weight excluding hydrogens is 518 g/mol. The Labute approximate surface area is 242 Å². The Hall–Kier alpha value is -2.75. The van der Waals surface area contributed by atoms with Gasteiger partial charge in [0.1, 0.15) is 10.6 Å². The molecule has 0 spiro atoms. The summed E-state index contributed by atoms with van der Waals surface area (Å²) < 4.78 is 0. The third-order valence-electron chi connectivity index (χ3n) is 9.32. The number of primary amides is 1. The lowest BCUT2D eigenvalue weighted by Crippen LogP contribution is -2.42. The van der Waals surface area contributed by atoms with Crippen LogP contribution in [-0.4, -0.2) is 91.6 Å². The van der Waals surface area contributed by atoms with E-state index < -0.39 is 0 Å². The van der Waals surface area contributed by atoms with Crippen molar-refractivity contribution in [3.05, 3.63) is 35.7 Å². The predicted octanol–water partition coefficient (Wildman–Crippen LogP) is 4.30. The number of carbonyl (C=O) groups excluding carboxylic acids is 1. The van der Waals surface area contributed by atoms with E-state index >= 15 is 0 Å². The SMILES string of the molecule is CN1CCC(N(C)CC2CCN(c3nc(N4CCC(CC(N)=O)CC4)nc4scc(-c5ccccc5)c34)CC2)C1. The van der Waals surface area contributed by atoms with Crippen LogP contribution in [0.5, 0.6) is 0 Å². The lowest BCUT2D eigenvalue weighted by molar-refractivity contribution is -0.119. The summed E-state index contributed by atoms with van der Waals surface area (Å²) in [7, 11) is 4.56. The van der Waals surface area contributed by atoms with Gasteiger partial charge in [-0.25, -0.2) is 4.98 Å². The summed E-state index contributed by atoms with van der Waals surface area (Å²) in [5, 5.41) is 3.44. The summed E-state index contributed by atoms with van der Waals surface area (Å²) in [6, 6.07) is 11.3. The summed E-state index contributed by atoms with van der Waals surface area (Å²) in [6.07, 6.45) is 6.05. The van der Waals surface area contributed by atoms with Crippen LogP contribution in [0.15, 0.2) is 35.7 Å². The minimum atomic E-state index is -0.199. The number of aromatic nitrogens is 2. The van der Waals surface area contributed by atoms with Crippen molar-refractivity contribution >= 4 is 39.2 Å². The molecule has 0 saturated carbocycles. The van der Waals surface area contributed by atoms with Crippen LogP contribution in [0, 0.1) is 11.8 Å². The number of hydrogen-bond donors (Lipinski definition) is 1. The molecule has 1 aromatic carbocycles. The summed E-state index contributed by atoms with van der Waals surface area (Å²) in [5.74, 6) is 2.81. The van der Waals surface area contributed by atoms with Gasteiger partial charge in [-0.15, -0.1) is 11.3 Å². The molecule has 9 heteroatoms. The number of rotatable bonds is 8. The molecule has 1 atom stereocenters. The molecule has 0 aliphatic carbocycles. The van der Waals surface area contributed by atoms with Gasteiger partial charge in [-0.05, 0) is 70.1 Å². The zero-order valence-corrected chi connectivity index (χ0v) is 24.8. The number of amides is 1. The number of nitrogens with zero attached hydrogens (tertiary/aromatic N) is 6. The maximum Gasteiger partial charge on any atom is 0.228 e. The largest absolute Gasteiger partial charge is 0.370 e. The molecule has 1 amide bonds. The Morgan fingerprint density at radius 1 is 0.975 bits per heavy atom. The van der Waals surface area contributed by atoms with E-state index in [1.165, 1.54) is 55.4 Å². The van der Waals surface area contributed by atoms with Crippen molar-refractivity contribution < 1.29 is 4.79 Å². The monoisotopic (exact) mass is 561 g/mol. The molecule has 3 fully saturated rings. The van der Waals surface area contributed by atoms with Crippen molar-refractivity contribution in [2.24, 2.45) is 17.6 Å². The predicted molar refractivity (Wildman–Crippen MR) is 165 cm³/mol. The molecule has 1 unspecified atom stereocenters. The molecule has 3 aliphatic heterocycles. The topological polar surface area (TPSA) is 81.8 Å². The number of hydrogen-bond acceptors (Lipinski definition) is 8. The first-order chi connectivity index (χ1) is 19.4. The maximum atomic E-state index is 11.4. The first-order valence-corrected chi connectivity index (χ1v) is 15.8. The number of fused-ring (bicyclic) bond motifs is 1. The summed E-state index contributed by atoms with van der Waals surface area (Å²) in [5.41, 5.74) is 7.92. The van der Waals surface area contributed by atoms with Crippen molar-refractivity contribution in [1.82, 2.24) is 19.8 Å². The molecule has 2 N–H and O–H groups in total. The number of anilines is 2. The van der Waals surface area contributed by atoms with Gasteiger partial charge in [0, 0.05) is 62.7 Å². The smallest absolute Gasteiger partial charge is 0.228 e. The van der Waals surface area contributed by atoms with Crippen LogP contribution in [0.2, 0.25) is 0 Å². The minimum Gasteiger partial charge on any atom is -0.370 e. The molecule has 0 bridgehead atoms. The average molecular weight is 562 g/mol. The number of thiophene rings is 1. The first kappa shape index (κ1) is 27.4. The first-order valence-electron chi connectivity index (χ1n) is 15.0. The molecule has 40 heavy (non-hydrogen) atoms. The summed E-state index contributed by atoms with van der Waals surface area (Å²) >= 11 is 1.72. The Kier molecular flexibility index (Phi) is 8.23. The Morgan fingerprint density at radius 3 is 2.35 bits per heavy atom. The third-order valence-corrected chi connectivity index (χ3v) is 10.2. The van der Waals surface area contributed by atoms with Crippen molar-refractivity contribution in [2.75, 3.05) is 69.7 Å². The third kappa shape index (κ3) is 5.97. The second-order valence-corrected chi connectivity index (χ2v) is 13.1. The van der Waals surface area contributed by atoms with Crippen LogP contribution in [0.4, 0.5) is 11.8 Å². The lowest BCUT2D eigenvalue weighted by atomic mass is 9.93. The van der Waals surface area contributed by atoms with Crippen molar-refractivity contribution in [3.8, 4) is 11.1 Å². The van der Waals surface area contributed by atoms with E-state index in [1.54, 1.807) is 11.3 Å². The van der Waals surface area contributed by atoms with Gasteiger partial charge in [0.2, 0.25) is 11.9 Å². The van der Waals surface area contributed by atoms with E-state index in [1.807, 2.05) is 0 Å². The van der Waals surface area contributed by atoms with Gasteiger partial charge in [-0.1, -0.05) is 30.3 Å². The van der Waals surface area contributed by atoms with E-state index in [0.29, 0.717) is 18.4 Å². The summed E-state index contributed by atoms with van der Waals surface area (Å²) in [4.78, 5) is 32.8. The van der Waals surface area contributed by atoms with Crippen molar-refractivity contribution in [3.63, 3.8) is 0 Å². The van der Waals surface area contributed by atoms with E-state index in [2.05, 4.69) is 69.4 Å². The van der Waals surface area contributed by atoms with Gasteiger partial charge < -0.3 is 25.3 Å². The standard InChI is InChI=1S/C31H43N7OS/c1-35-13-12-25(20-35)36(2)19-23-10-14-37(15-11-23)29-28-26(24-6-4-3-5-7-24)21-40-30(28)34-31(33-29)38-16-8-22(9-17-38)18-27(32)39/h3-7,21-23,25H,8-20H2,1-2H3,(H2,32,39). The number of likely N-dealkylation sites (N-methyl/N-ethyl adjacent to an activating group) is 2. The molecule has 2 aromatic heterocycles. The van der Waals surface area contributed by atoms with Crippen molar-refractivity contribution in [2.45, 2.75) is 44.6 Å². The zero-order chi connectivity index (χ0) is 27.6. The summed E-state index contributed by atoms with van der Waals surface area (Å²) in [6.45, 7) is 7.38. The van der Waals surface area contributed by atoms with E-state index in [-0.39, 0.29) is 5.91 Å². The van der Waals surface area contributed by atoms with Gasteiger partial charge in [0.05, 0.1) is 5.39 Å². The second-order valence-electron chi connectivity index (χ2n) is 12.2. The van der Waals surface area contributed by atoms with Gasteiger partial charge in [0.25, 0.3) is 0 Å². The molecule has 3 aliphatic rings. The highest BCUT2D eigenvalue weighted by Crippen LogP contribution is 2.41. The second kappa shape index (κ2) is 12.0. The average Bonchev–Trinajstić information content (AvgIpc) is 3.60. The fraction of sp³-hybridized carbons (Fsp3) is 0.581. The van der Waals surface area contributed by atoms with Gasteiger partial charge in [0.15, 0.2) is 0 Å². The Balaban J connectivity index is 1.23. The molecule has 5 heterocycles. The Bertz CT molecular complexity index is 1300. The fourth-order valence-electron chi connectivity index (χ4n) is 6.89. The van der Waals surface area contributed by atoms with Gasteiger partial charge in [-0.3, -0.25) is 4.79 Å². The number of nitrogens with two attached hydrogens (primary N) is 1. The molecule has 214 valence electrons. The van der Waals surface area contributed by atoms with Crippen LogP contribution in [0.3, 0.4) is 0 Å². The molecule has 0 radical (unpaired) electrons. The lowest BCUT2D eigenvalue weighted by Gasteiger charge is -2.37. The number of likely N-dealkylation sites (tertiary alicyclic amines) is 1. The number of carbonyl (C=O) groups is 1. The quantitative estimate of drug-likeness (QED) is 0.439. The zero-order valence-electron chi connectivity index (χ0n) is 24.0. The van der Waals surface area contributed by atoms with E-state index in [9.17, 15) is 4.79 Å². The minimum absolute atomic E-state index is 0.199. The van der Waals surface area contributed by atoms with Gasteiger partial charge in [-0.2, -0.15) is 4.98 Å². The highest BCUT2D eigenvalue weighted by atomic mass is 32.1. The molecule has 8 nitrogen and oxygen atoms in total. The van der Waals surface area contributed by atoms with Crippen LogP contribution < -0.4 is 15.5 Å². The molecule has 6 rings (SSSR count). The fourth-order valence-corrected chi connectivity index (χ4v) is 7.83. The van der Waals surface area contributed by atoms with Crippen LogP contribution >= 0.6 is 11.3 Å². The molecule has 3 aromatic rings. The maximum absolute atomic E-state index is 11.4. The highest BCUT2D eigenvalue weighted by molar-refractivity contribution is 7.17. The van der Waals surface area contributed by atoms with E-state index in [4.69, 9.17) is 15.7 Å². The van der Waals surface area contributed by atoms with Crippen LogP contribution in [-0.2, 0) is 4.79 Å². The van der Waals surface area contributed by atoms with Crippen LogP contribution in [0.25, 0.3) is 21.3 Å². The molecule has 3 saturated heterocycles. The van der Waals surface area contributed by atoms with E-state index in [0.717, 1.165) is 61.5 Å². The number of piperidine rings is 2. The Morgan fingerprint density at radius 2 is 1.68 bits per heavy atom.